The standard InChI is InChI=1S/C32H30N4O8/c1-36(2)24-18-13-16-12-15-10-11-20(35-31(43)34-19-9-5-7-14-6-3-4-8-17(14)19)25(37)21(15)26(38)22(16)28(40)32(18,44)29(41)23(27(24)39)30(33)42/h3-11,16,18,24,37,39-40,44H,12-13H2,1-2H3,(H2,33,42)(H2,34,35,43)/t16-,18+,24+,32+/m1/s1. The molecule has 6 rings (SSSR count). The molecule has 0 saturated heterocycles. The number of anilines is 2. The molecule has 3 aliphatic carbocycles. The summed E-state index contributed by atoms with van der Waals surface area (Å²) in [6.45, 7) is 0. The highest BCUT2D eigenvalue weighted by molar-refractivity contribution is 6.25. The number of fused-ring (bicyclic) bond motifs is 4. The van der Waals surface area contributed by atoms with Crippen molar-refractivity contribution in [1.29, 1.82) is 0 Å². The van der Waals surface area contributed by atoms with Crippen LogP contribution >= 0.6 is 0 Å². The zero-order valence-corrected chi connectivity index (χ0v) is 23.8. The van der Waals surface area contributed by atoms with Crippen molar-refractivity contribution < 1.29 is 39.6 Å². The van der Waals surface area contributed by atoms with Crippen LogP contribution in [-0.2, 0) is 16.0 Å². The van der Waals surface area contributed by atoms with Gasteiger partial charge >= 0.3 is 6.03 Å². The number of carbonyl (C=O) groups excluding carboxylic acids is 4. The van der Waals surface area contributed by atoms with Crippen molar-refractivity contribution in [2.24, 2.45) is 17.6 Å². The third kappa shape index (κ3) is 4.13. The van der Waals surface area contributed by atoms with E-state index in [9.17, 15) is 39.6 Å². The topological polar surface area (TPSA) is 203 Å². The van der Waals surface area contributed by atoms with Crippen LogP contribution in [-0.4, -0.2) is 74.6 Å². The molecule has 0 unspecified atom stereocenters. The molecule has 0 fully saturated rings. The number of urea groups is 1. The number of hydrogen-bond acceptors (Lipinski definition) is 9. The highest BCUT2D eigenvalue weighted by Crippen LogP contribution is 2.52. The van der Waals surface area contributed by atoms with E-state index in [0.29, 0.717) is 11.3 Å². The van der Waals surface area contributed by atoms with Crippen molar-refractivity contribution in [3.63, 3.8) is 0 Å². The molecular weight excluding hydrogens is 568 g/mol. The van der Waals surface area contributed by atoms with Crippen molar-refractivity contribution in [3.8, 4) is 5.75 Å². The summed E-state index contributed by atoms with van der Waals surface area (Å²) in [5.41, 5.74) is 2.17. The van der Waals surface area contributed by atoms with Crippen LogP contribution in [0, 0.1) is 11.8 Å². The van der Waals surface area contributed by atoms with E-state index in [1.165, 1.54) is 11.0 Å². The molecule has 3 amide bonds. The van der Waals surface area contributed by atoms with Gasteiger partial charge in [0.1, 0.15) is 17.1 Å². The van der Waals surface area contributed by atoms with Crippen molar-refractivity contribution >= 4 is 45.7 Å². The van der Waals surface area contributed by atoms with Crippen LogP contribution < -0.4 is 16.4 Å². The van der Waals surface area contributed by atoms with Gasteiger partial charge in [0.05, 0.1) is 23.0 Å². The second-order valence-corrected chi connectivity index (χ2v) is 11.6. The van der Waals surface area contributed by atoms with Gasteiger partial charge < -0.3 is 36.8 Å². The van der Waals surface area contributed by atoms with Gasteiger partial charge in [0.2, 0.25) is 5.78 Å². The Hall–Kier alpha value is -5.20. The molecular formula is C32H30N4O8. The Bertz CT molecular complexity index is 1860. The second kappa shape index (κ2) is 10.2. The molecule has 12 nitrogen and oxygen atoms in total. The number of rotatable bonds is 4. The Morgan fingerprint density at radius 3 is 2.34 bits per heavy atom. The normalized spacial score (nSPS) is 24.6. The number of hydrogen-bond donors (Lipinski definition) is 7. The van der Waals surface area contributed by atoms with Gasteiger partial charge in [-0.25, -0.2) is 4.79 Å². The van der Waals surface area contributed by atoms with Gasteiger partial charge in [-0.2, -0.15) is 0 Å². The van der Waals surface area contributed by atoms with Gasteiger partial charge in [-0.3, -0.25) is 19.3 Å². The van der Waals surface area contributed by atoms with E-state index in [1.807, 2.05) is 30.3 Å². The number of aliphatic hydroxyl groups is 3. The fourth-order valence-electron chi connectivity index (χ4n) is 6.94. The van der Waals surface area contributed by atoms with Gasteiger partial charge in [-0.1, -0.05) is 42.5 Å². The van der Waals surface area contributed by atoms with Crippen molar-refractivity contribution in [2.75, 3.05) is 24.7 Å². The van der Waals surface area contributed by atoms with Crippen LogP contribution in [0.5, 0.6) is 5.75 Å². The number of aliphatic hydroxyl groups excluding tert-OH is 2. The molecule has 0 aliphatic heterocycles. The number of likely N-dealkylation sites (N-methyl/N-ethyl adjacent to an activating group) is 1. The van der Waals surface area contributed by atoms with E-state index in [0.717, 1.165) is 10.8 Å². The number of carbonyl (C=O) groups is 4. The van der Waals surface area contributed by atoms with Crippen LogP contribution in [0.2, 0.25) is 0 Å². The minimum absolute atomic E-state index is 0.0139. The number of aromatic hydroxyl groups is 1. The maximum absolute atomic E-state index is 13.9. The lowest BCUT2D eigenvalue weighted by Gasteiger charge is -2.50. The monoisotopic (exact) mass is 598 g/mol. The zero-order valence-electron chi connectivity index (χ0n) is 23.8. The molecule has 3 aromatic carbocycles. The predicted molar refractivity (Wildman–Crippen MR) is 160 cm³/mol. The number of benzene rings is 3. The number of nitrogens with one attached hydrogen (secondary N) is 2. The van der Waals surface area contributed by atoms with E-state index < -0.39 is 69.8 Å². The molecule has 3 aliphatic rings. The summed E-state index contributed by atoms with van der Waals surface area (Å²) >= 11 is 0. The van der Waals surface area contributed by atoms with Crippen LogP contribution in [0.1, 0.15) is 22.3 Å². The molecule has 226 valence electrons. The van der Waals surface area contributed by atoms with Gasteiger partial charge in [0.25, 0.3) is 5.91 Å². The van der Waals surface area contributed by atoms with Gasteiger partial charge in [0.15, 0.2) is 17.1 Å². The lowest BCUT2D eigenvalue weighted by molar-refractivity contribution is -0.148. The molecule has 3 aromatic rings. The van der Waals surface area contributed by atoms with Crippen molar-refractivity contribution in [3.05, 3.63) is 88.4 Å². The summed E-state index contributed by atoms with van der Waals surface area (Å²) in [5.74, 6) is -7.37. The summed E-state index contributed by atoms with van der Waals surface area (Å²) in [7, 11) is 3.13. The number of ketones is 2. The second-order valence-electron chi connectivity index (χ2n) is 11.6. The summed E-state index contributed by atoms with van der Waals surface area (Å²) in [5, 5.41) is 52.2. The third-order valence-corrected chi connectivity index (χ3v) is 8.88. The minimum Gasteiger partial charge on any atom is -0.510 e. The molecule has 0 spiro atoms. The average Bonchev–Trinajstić information content (AvgIpc) is 2.96. The number of primary amides is 1. The molecule has 44 heavy (non-hydrogen) atoms. The number of phenolic OH excluding ortho intramolecular Hbond substituents is 1. The summed E-state index contributed by atoms with van der Waals surface area (Å²) in [6, 6.07) is 14.2. The Morgan fingerprint density at radius 1 is 0.955 bits per heavy atom. The average molecular weight is 599 g/mol. The molecule has 8 N–H and O–H groups in total. The molecule has 0 aromatic heterocycles. The van der Waals surface area contributed by atoms with Crippen LogP contribution in [0.4, 0.5) is 16.2 Å². The number of allylic oxidation sites excluding steroid dienone is 1. The Morgan fingerprint density at radius 2 is 1.64 bits per heavy atom. The van der Waals surface area contributed by atoms with E-state index in [1.54, 1.807) is 32.3 Å². The first-order valence-electron chi connectivity index (χ1n) is 13.9. The minimum atomic E-state index is -2.73. The fraction of sp³-hybridized carbons (Fsp3) is 0.250. The molecule has 0 saturated carbocycles. The number of nitrogens with zero attached hydrogens (tertiary/aromatic N) is 1. The van der Waals surface area contributed by atoms with E-state index >= 15 is 0 Å². The van der Waals surface area contributed by atoms with Crippen LogP contribution in [0.15, 0.2) is 77.3 Å². The maximum Gasteiger partial charge on any atom is 0.323 e. The van der Waals surface area contributed by atoms with Crippen molar-refractivity contribution in [1.82, 2.24) is 4.90 Å². The molecule has 0 bridgehead atoms. The van der Waals surface area contributed by atoms with Crippen molar-refractivity contribution in [2.45, 2.75) is 24.5 Å². The van der Waals surface area contributed by atoms with E-state index in [-0.39, 0.29) is 29.7 Å². The maximum atomic E-state index is 13.9. The first-order valence-corrected chi connectivity index (χ1v) is 13.9. The summed E-state index contributed by atoms with van der Waals surface area (Å²) < 4.78 is 0. The van der Waals surface area contributed by atoms with E-state index in [4.69, 9.17) is 5.73 Å². The van der Waals surface area contributed by atoms with Gasteiger partial charge in [-0.05, 0) is 55.9 Å². The quantitative estimate of drug-likeness (QED) is 0.174. The predicted octanol–water partition coefficient (Wildman–Crippen LogP) is 2.92. The molecule has 12 heteroatoms. The highest BCUT2D eigenvalue weighted by Gasteiger charge is 2.63. The molecule has 0 radical (unpaired) electrons. The van der Waals surface area contributed by atoms with Gasteiger partial charge in [-0.15, -0.1) is 0 Å². The number of nitrogens with two attached hydrogens (primary N) is 1. The van der Waals surface area contributed by atoms with Crippen LogP contribution in [0.25, 0.3) is 10.8 Å². The number of Topliss-reactive ketones (excluding diaryl/α,β-unsaturated/α-hetero) is 2. The lowest BCUT2D eigenvalue weighted by atomic mass is 9.58. The van der Waals surface area contributed by atoms with Gasteiger partial charge in [0, 0.05) is 16.9 Å². The molecule has 4 atom stereocenters. The lowest BCUT2D eigenvalue weighted by Crippen LogP contribution is -2.63. The van der Waals surface area contributed by atoms with E-state index in [2.05, 4.69) is 10.6 Å². The van der Waals surface area contributed by atoms with Crippen LogP contribution in [0.3, 0.4) is 0 Å². The number of amides is 3. The fourth-order valence-corrected chi connectivity index (χ4v) is 6.94. The molecule has 0 heterocycles. The first-order chi connectivity index (χ1) is 20.9. The Kier molecular flexibility index (Phi) is 6.71. The summed E-state index contributed by atoms with van der Waals surface area (Å²) in [6.07, 6.45) is 0.130. The SMILES string of the molecule is CN(C)[C@@H]1C(O)=C(C(N)=O)C(=O)[C@@]2(O)C(O)=C3C(=O)c4c(ccc(NC(=O)Nc5cccc6ccccc56)c4O)C[C@@H]3C[C@@H]12. The Balaban J connectivity index is 1.36. The smallest absolute Gasteiger partial charge is 0.323 e. The zero-order chi connectivity index (χ0) is 31.7. The first kappa shape index (κ1) is 28.9. The Labute approximate surface area is 251 Å². The summed E-state index contributed by atoms with van der Waals surface area (Å²) in [4.78, 5) is 53.9. The number of phenols is 1. The third-order valence-electron chi connectivity index (χ3n) is 8.88. The highest BCUT2D eigenvalue weighted by atomic mass is 16.3. The largest absolute Gasteiger partial charge is 0.510 e.